The molecule has 0 spiro atoms. The third-order valence-electron chi connectivity index (χ3n) is 2.61. The molecule has 18 heavy (non-hydrogen) atoms. The van der Waals surface area contributed by atoms with Gasteiger partial charge >= 0.3 is 0 Å². The number of nitrogens with zero attached hydrogens (tertiary/aromatic N) is 2. The molecule has 1 amide bonds. The summed E-state index contributed by atoms with van der Waals surface area (Å²) in [5.41, 5.74) is 0. The lowest BCUT2D eigenvalue weighted by Crippen LogP contribution is -2.38. The Morgan fingerprint density at radius 3 is 3.00 bits per heavy atom. The molecule has 0 aliphatic heterocycles. The van der Waals surface area contributed by atoms with Gasteiger partial charge in [-0.05, 0) is 25.6 Å². The Kier molecular flexibility index (Phi) is 5.95. The lowest BCUT2D eigenvalue weighted by atomic mass is 10.2. The van der Waals surface area contributed by atoms with Gasteiger partial charge in [-0.25, -0.2) is 0 Å². The third-order valence-corrected chi connectivity index (χ3v) is 2.61. The fraction of sp³-hybridized carbons (Fsp3) is 0.538. The Morgan fingerprint density at radius 2 is 2.44 bits per heavy atom. The molecular weight excluding hydrogens is 230 g/mol. The van der Waals surface area contributed by atoms with E-state index in [9.17, 15) is 4.79 Å². The summed E-state index contributed by atoms with van der Waals surface area (Å²) in [7, 11) is 0. The van der Waals surface area contributed by atoms with Crippen LogP contribution in [0.1, 0.15) is 19.6 Å². The van der Waals surface area contributed by atoms with Crippen molar-refractivity contribution in [2.75, 3.05) is 19.6 Å². The fourth-order valence-corrected chi connectivity index (χ4v) is 1.59. The van der Waals surface area contributed by atoms with Crippen molar-refractivity contribution in [1.82, 2.24) is 10.2 Å². The second-order valence-electron chi connectivity index (χ2n) is 4.21. The summed E-state index contributed by atoms with van der Waals surface area (Å²) in [5, 5.41) is 11.5. The first kappa shape index (κ1) is 14.3. The van der Waals surface area contributed by atoms with Crippen LogP contribution in [0.5, 0.6) is 0 Å². The molecule has 1 aromatic rings. The number of hydrogen-bond acceptors (Lipinski definition) is 4. The van der Waals surface area contributed by atoms with E-state index in [1.807, 2.05) is 24.8 Å². The van der Waals surface area contributed by atoms with Crippen LogP contribution in [0.4, 0.5) is 0 Å². The van der Waals surface area contributed by atoms with E-state index in [1.165, 1.54) is 0 Å². The van der Waals surface area contributed by atoms with Crippen LogP contribution in [0.3, 0.4) is 0 Å². The minimum absolute atomic E-state index is 0.0570. The molecule has 0 aromatic carbocycles. The van der Waals surface area contributed by atoms with Gasteiger partial charge in [0.05, 0.1) is 31.3 Å². The normalized spacial score (nSPS) is 12.1. The van der Waals surface area contributed by atoms with Gasteiger partial charge in [0.15, 0.2) is 0 Å². The Hall–Kier alpha value is -1.80. The summed E-state index contributed by atoms with van der Waals surface area (Å²) in [6.45, 7) is 5.90. The summed E-state index contributed by atoms with van der Waals surface area (Å²) in [5.74, 6) is 0.609. The number of hydrogen-bond donors (Lipinski definition) is 1. The molecule has 0 saturated carbocycles. The SMILES string of the molecule is CCN(CC(=O)NCc1ccco1)CC(C)C#N. The van der Waals surface area contributed by atoms with Gasteiger partial charge in [-0.2, -0.15) is 5.26 Å². The third kappa shape index (κ3) is 5.02. The molecule has 1 N–H and O–H groups in total. The number of carbonyl (C=O) groups is 1. The van der Waals surface area contributed by atoms with Gasteiger partial charge in [0.1, 0.15) is 5.76 Å². The van der Waals surface area contributed by atoms with Gasteiger partial charge in [0.25, 0.3) is 0 Å². The van der Waals surface area contributed by atoms with Crippen LogP contribution in [0.15, 0.2) is 22.8 Å². The molecule has 0 aliphatic carbocycles. The highest BCUT2D eigenvalue weighted by atomic mass is 16.3. The lowest BCUT2D eigenvalue weighted by Gasteiger charge is -2.20. The van der Waals surface area contributed by atoms with Crippen molar-refractivity contribution in [1.29, 1.82) is 5.26 Å². The number of nitrogens with one attached hydrogen (secondary N) is 1. The standard InChI is InChI=1S/C13H19N3O2/c1-3-16(9-11(2)7-14)10-13(17)15-8-12-5-4-6-18-12/h4-6,11H,3,8-10H2,1-2H3,(H,15,17). The molecule has 1 atom stereocenters. The highest BCUT2D eigenvalue weighted by Gasteiger charge is 2.12. The largest absolute Gasteiger partial charge is 0.467 e. The molecule has 0 saturated heterocycles. The number of nitriles is 1. The first-order valence-electron chi connectivity index (χ1n) is 6.06. The van der Waals surface area contributed by atoms with Crippen LogP contribution < -0.4 is 5.32 Å². The van der Waals surface area contributed by atoms with Crippen molar-refractivity contribution in [2.45, 2.75) is 20.4 Å². The zero-order valence-corrected chi connectivity index (χ0v) is 10.8. The Labute approximate surface area is 107 Å². The van der Waals surface area contributed by atoms with E-state index in [1.54, 1.807) is 12.3 Å². The zero-order valence-electron chi connectivity index (χ0n) is 10.8. The van der Waals surface area contributed by atoms with Crippen LogP contribution >= 0.6 is 0 Å². The van der Waals surface area contributed by atoms with E-state index in [4.69, 9.17) is 9.68 Å². The van der Waals surface area contributed by atoms with Crippen LogP contribution in [0.25, 0.3) is 0 Å². The first-order valence-corrected chi connectivity index (χ1v) is 6.06. The zero-order chi connectivity index (χ0) is 13.4. The quantitative estimate of drug-likeness (QED) is 0.792. The predicted octanol–water partition coefficient (Wildman–Crippen LogP) is 1.38. The summed E-state index contributed by atoms with van der Waals surface area (Å²) >= 11 is 0. The van der Waals surface area contributed by atoms with Gasteiger partial charge in [0.2, 0.25) is 5.91 Å². The van der Waals surface area contributed by atoms with Crippen LogP contribution in [0.2, 0.25) is 0 Å². The van der Waals surface area contributed by atoms with Crippen molar-refractivity contribution >= 4 is 5.91 Å². The fourth-order valence-electron chi connectivity index (χ4n) is 1.59. The van der Waals surface area contributed by atoms with Gasteiger partial charge in [0, 0.05) is 6.54 Å². The molecule has 1 heterocycles. The molecule has 1 aromatic heterocycles. The molecule has 5 nitrogen and oxygen atoms in total. The Morgan fingerprint density at radius 1 is 1.67 bits per heavy atom. The molecule has 0 fully saturated rings. The monoisotopic (exact) mass is 249 g/mol. The number of rotatable bonds is 7. The van der Waals surface area contributed by atoms with Crippen LogP contribution in [-0.4, -0.2) is 30.4 Å². The summed E-state index contributed by atoms with van der Waals surface area (Å²) in [6.07, 6.45) is 1.58. The maximum absolute atomic E-state index is 11.7. The second kappa shape index (κ2) is 7.51. The van der Waals surface area contributed by atoms with Gasteiger partial charge in [-0.1, -0.05) is 6.92 Å². The molecule has 0 aliphatic rings. The number of likely N-dealkylation sites (N-methyl/N-ethyl adjacent to an activating group) is 1. The van der Waals surface area contributed by atoms with Crippen LogP contribution in [-0.2, 0) is 11.3 Å². The van der Waals surface area contributed by atoms with Crippen molar-refractivity contribution in [3.05, 3.63) is 24.2 Å². The van der Waals surface area contributed by atoms with Crippen molar-refractivity contribution < 1.29 is 9.21 Å². The van der Waals surface area contributed by atoms with Crippen molar-refractivity contribution in [2.24, 2.45) is 5.92 Å². The molecule has 0 radical (unpaired) electrons. The molecule has 1 rings (SSSR count). The van der Waals surface area contributed by atoms with E-state index in [2.05, 4.69) is 11.4 Å². The van der Waals surface area contributed by atoms with E-state index in [-0.39, 0.29) is 11.8 Å². The molecule has 1 unspecified atom stereocenters. The second-order valence-corrected chi connectivity index (χ2v) is 4.21. The summed E-state index contributed by atoms with van der Waals surface area (Å²) in [4.78, 5) is 13.6. The average molecular weight is 249 g/mol. The average Bonchev–Trinajstić information content (AvgIpc) is 2.88. The Balaban J connectivity index is 2.31. The number of carbonyl (C=O) groups excluding carboxylic acids is 1. The molecule has 0 bridgehead atoms. The highest BCUT2D eigenvalue weighted by Crippen LogP contribution is 2.00. The van der Waals surface area contributed by atoms with Gasteiger partial charge < -0.3 is 9.73 Å². The molecular formula is C13H19N3O2. The minimum Gasteiger partial charge on any atom is -0.467 e. The maximum Gasteiger partial charge on any atom is 0.234 e. The smallest absolute Gasteiger partial charge is 0.234 e. The predicted molar refractivity (Wildman–Crippen MR) is 67.4 cm³/mol. The molecule has 5 heteroatoms. The van der Waals surface area contributed by atoms with Crippen LogP contribution in [0, 0.1) is 17.2 Å². The number of furan rings is 1. The van der Waals surface area contributed by atoms with Crippen molar-refractivity contribution in [3.63, 3.8) is 0 Å². The lowest BCUT2D eigenvalue weighted by molar-refractivity contribution is -0.122. The maximum atomic E-state index is 11.7. The van der Waals surface area contributed by atoms with E-state index in [0.29, 0.717) is 19.6 Å². The van der Waals surface area contributed by atoms with Gasteiger partial charge in [-0.15, -0.1) is 0 Å². The highest BCUT2D eigenvalue weighted by molar-refractivity contribution is 5.77. The van der Waals surface area contributed by atoms with E-state index < -0.39 is 0 Å². The van der Waals surface area contributed by atoms with Crippen molar-refractivity contribution in [3.8, 4) is 6.07 Å². The van der Waals surface area contributed by atoms with Gasteiger partial charge in [-0.3, -0.25) is 9.69 Å². The minimum atomic E-state index is -0.0668. The molecule has 98 valence electrons. The number of amides is 1. The van der Waals surface area contributed by atoms with E-state index >= 15 is 0 Å². The Bertz CT molecular complexity index is 395. The topological polar surface area (TPSA) is 69.3 Å². The van der Waals surface area contributed by atoms with E-state index in [0.717, 1.165) is 12.3 Å². The summed E-state index contributed by atoms with van der Waals surface area (Å²) < 4.78 is 5.13. The first-order chi connectivity index (χ1) is 8.65. The summed E-state index contributed by atoms with van der Waals surface area (Å²) in [6, 6.07) is 5.77.